The molecule has 2 aliphatic carbocycles. The van der Waals surface area contributed by atoms with Gasteiger partial charge in [0.15, 0.2) is 0 Å². The Hall–Kier alpha value is -0.830. The molecule has 3 aliphatic rings. The van der Waals surface area contributed by atoms with E-state index in [1.807, 2.05) is 0 Å². The molecule has 0 radical (unpaired) electrons. The fourth-order valence-electron chi connectivity index (χ4n) is 3.40. The van der Waals surface area contributed by atoms with Crippen LogP contribution in [0.4, 0.5) is 0 Å². The van der Waals surface area contributed by atoms with Crippen LogP contribution in [-0.2, 0) is 6.54 Å². The number of nitrogens with one attached hydrogen (secondary N) is 1. The molecule has 3 heteroatoms. The molecule has 3 fully saturated rings. The van der Waals surface area contributed by atoms with Gasteiger partial charge in [0.25, 0.3) is 0 Å². The van der Waals surface area contributed by atoms with E-state index in [-0.39, 0.29) is 0 Å². The molecule has 2 saturated carbocycles. The molecule has 1 aliphatic heterocycles. The first-order valence-electron chi connectivity index (χ1n) is 6.57. The summed E-state index contributed by atoms with van der Waals surface area (Å²) in [7, 11) is 0. The van der Waals surface area contributed by atoms with Gasteiger partial charge in [-0.05, 0) is 43.1 Å². The quantitative estimate of drug-likeness (QED) is 0.836. The van der Waals surface area contributed by atoms with E-state index < -0.39 is 0 Å². The van der Waals surface area contributed by atoms with E-state index in [1.54, 1.807) is 0 Å². The highest BCUT2D eigenvalue weighted by Crippen LogP contribution is 2.48. The molecule has 1 N–H and O–H groups in total. The van der Waals surface area contributed by atoms with Crippen LogP contribution in [0.15, 0.2) is 12.3 Å². The van der Waals surface area contributed by atoms with Gasteiger partial charge in [-0.3, -0.25) is 4.68 Å². The summed E-state index contributed by atoms with van der Waals surface area (Å²) in [5, 5.41) is 8.08. The molecule has 0 atom stereocenters. The van der Waals surface area contributed by atoms with Crippen LogP contribution in [0.25, 0.3) is 0 Å². The van der Waals surface area contributed by atoms with Gasteiger partial charge in [-0.15, -0.1) is 0 Å². The van der Waals surface area contributed by atoms with Crippen molar-refractivity contribution < 1.29 is 0 Å². The Balaban J connectivity index is 1.36. The topological polar surface area (TPSA) is 29.9 Å². The summed E-state index contributed by atoms with van der Waals surface area (Å²) in [6.07, 6.45) is 7.72. The summed E-state index contributed by atoms with van der Waals surface area (Å²) >= 11 is 0. The van der Waals surface area contributed by atoms with Crippen molar-refractivity contribution >= 4 is 0 Å². The summed E-state index contributed by atoms with van der Waals surface area (Å²) in [6, 6.07) is 2.22. The highest BCUT2D eigenvalue weighted by Gasteiger charge is 2.48. The lowest BCUT2D eigenvalue weighted by molar-refractivity contribution is -0.00865. The zero-order valence-electron chi connectivity index (χ0n) is 9.65. The van der Waals surface area contributed by atoms with Crippen LogP contribution in [0.1, 0.15) is 37.3 Å². The van der Waals surface area contributed by atoms with Crippen LogP contribution in [0, 0.1) is 11.3 Å². The summed E-state index contributed by atoms with van der Waals surface area (Å²) in [5.74, 6) is 1.68. The van der Waals surface area contributed by atoms with Gasteiger partial charge in [0.1, 0.15) is 0 Å². The second-order valence-electron chi connectivity index (χ2n) is 6.11. The maximum atomic E-state index is 4.69. The molecule has 0 amide bonds. The molecule has 16 heavy (non-hydrogen) atoms. The van der Waals surface area contributed by atoms with Crippen molar-refractivity contribution in [1.29, 1.82) is 0 Å². The zero-order chi connectivity index (χ0) is 10.6. The van der Waals surface area contributed by atoms with Crippen molar-refractivity contribution in [1.82, 2.24) is 15.1 Å². The highest BCUT2D eigenvalue weighted by molar-refractivity contribution is 5.12. The Kier molecular flexibility index (Phi) is 1.79. The lowest BCUT2D eigenvalue weighted by Crippen LogP contribution is -2.60. The van der Waals surface area contributed by atoms with Crippen LogP contribution in [0.2, 0.25) is 0 Å². The second kappa shape index (κ2) is 3.10. The lowest BCUT2D eigenvalue weighted by atomic mass is 9.58. The third-order valence-corrected chi connectivity index (χ3v) is 4.55. The molecule has 0 bridgehead atoms. The first-order valence-corrected chi connectivity index (χ1v) is 6.57. The number of hydrogen-bond donors (Lipinski definition) is 1. The van der Waals surface area contributed by atoms with E-state index in [4.69, 9.17) is 0 Å². The molecule has 2 heterocycles. The van der Waals surface area contributed by atoms with Crippen molar-refractivity contribution in [3.8, 4) is 0 Å². The summed E-state index contributed by atoms with van der Waals surface area (Å²) in [5.41, 5.74) is 2.04. The smallest absolute Gasteiger partial charge is 0.0655 e. The third kappa shape index (κ3) is 1.41. The van der Waals surface area contributed by atoms with Gasteiger partial charge in [-0.2, -0.15) is 5.10 Å². The molecule has 0 unspecified atom stereocenters. The summed E-state index contributed by atoms with van der Waals surface area (Å²) in [6.45, 7) is 3.67. The van der Waals surface area contributed by atoms with Crippen molar-refractivity contribution in [2.45, 2.75) is 38.1 Å². The van der Waals surface area contributed by atoms with Crippen molar-refractivity contribution in [3.05, 3.63) is 18.0 Å². The van der Waals surface area contributed by atoms with E-state index in [0.717, 1.165) is 18.4 Å². The molecule has 86 valence electrons. The van der Waals surface area contributed by atoms with E-state index in [1.165, 1.54) is 44.5 Å². The SMILES string of the molecule is c1cn(CC2CC3(CNC3)C2)nc1C1CC1. The molecule has 0 aromatic carbocycles. The minimum atomic E-state index is 0.705. The van der Waals surface area contributed by atoms with Crippen molar-refractivity contribution in [2.24, 2.45) is 11.3 Å². The molecule has 1 saturated heterocycles. The van der Waals surface area contributed by atoms with E-state index >= 15 is 0 Å². The zero-order valence-corrected chi connectivity index (χ0v) is 9.65. The average Bonchev–Trinajstić information content (AvgIpc) is 2.90. The molecule has 3 nitrogen and oxygen atoms in total. The predicted octanol–water partition coefficient (Wildman–Crippen LogP) is 1.76. The lowest BCUT2D eigenvalue weighted by Gasteiger charge is -2.54. The molecule has 1 spiro atoms. The van der Waals surface area contributed by atoms with Gasteiger partial charge in [0, 0.05) is 31.7 Å². The molecule has 4 rings (SSSR count). The minimum absolute atomic E-state index is 0.705. The van der Waals surface area contributed by atoms with Gasteiger partial charge in [0.05, 0.1) is 5.69 Å². The van der Waals surface area contributed by atoms with Gasteiger partial charge < -0.3 is 5.32 Å². The van der Waals surface area contributed by atoms with Crippen molar-refractivity contribution in [2.75, 3.05) is 13.1 Å². The fourth-order valence-corrected chi connectivity index (χ4v) is 3.40. The second-order valence-corrected chi connectivity index (χ2v) is 6.11. The van der Waals surface area contributed by atoms with E-state index in [0.29, 0.717) is 5.41 Å². The normalized spacial score (nSPS) is 27.8. The molecule has 1 aromatic rings. The van der Waals surface area contributed by atoms with Crippen LogP contribution >= 0.6 is 0 Å². The Labute approximate surface area is 96.2 Å². The Morgan fingerprint density at radius 3 is 2.81 bits per heavy atom. The van der Waals surface area contributed by atoms with Crippen LogP contribution < -0.4 is 5.32 Å². The molecular weight excluding hydrogens is 198 g/mol. The van der Waals surface area contributed by atoms with Gasteiger partial charge in [0.2, 0.25) is 0 Å². The van der Waals surface area contributed by atoms with E-state index in [2.05, 4.69) is 27.4 Å². The third-order valence-electron chi connectivity index (χ3n) is 4.55. The van der Waals surface area contributed by atoms with E-state index in [9.17, 15) is 0 Å². The Bertz CT molecular complexity index is 393. The maximum absolute atomic E-state index is 4.69. The Morgan fingerprint density at radius 2 is 2.19 bits per heavy atom. The summed E-state index contributed by atoms with van der Waals surface area (Å²) < 4.78 is 2.18. The number of nitrogens with zero attached hydrogens (tertiary/aromatic N) is 2. The molecular formula is C13H19N3. The summed E-state index contributed by atoms with van der Waals surface area (Å²) in [4.78, 5) is 0. The van der Waals surface area contributed by atoms with Crippen LogP contribution in [0.5, 0.6) is 0 Å². The van der Waals surface area contributed by atoms with Crippen LogP contribution in [0.3, 0.4) is 0 Å². The monoisotopic (exact) mass is 217 g/mol. The first-order chi connectivity index (χ1) is 7.83. The maximum Gasteiger partial charge on any atom is 0.0655 e. The average molecular weight is 217 g/mol. The largest absolute Gasteiger partial charge is 0.316 e. The highest BCUT2D eigenvalue weighted by atomic mass is 15.3. The van der Waals surface area contributed by atoms with Crippen LogP contribution in [-0.4, -0.2) is 22.9 Å². The fraction of sp³-hybridized carbons (Fsp3) is 0.769. The minimum Gasteiger partial charge on any atom is -0.316 e. The number of aromatic nitrogens is 2. The van der Waals surface area contributed by atoms with Crippen molar-refractivity contribution in [3.63, 3.8) is 0 Å². The van der Waals surface area contributed by atoms with Gasteiger partial charge >= 0.3 is 0 Å². The van der Waals surface area contributed by atoms with Gasteiger partial charge in [-0.25, -0.2) is 0 Å². The Morgan fingerprint density at radius 1 is 1.38 bits per heavy atom. The number of hydrogen-bond acceptors (Lipinski definition) is 2. The first kappa shape index (κ1) is 9.23. The molecule has 1 aromatic heterocycles. The predicted molar refractivity (Wildman–Crippen MR) is 62.2 cm³/mol. The number of rotatable bonds is 3. The van der Waals surface area contributed by atoms with Gasteiger partial charge in [-0.1, -0.05) is 0 Å². The standard InChI is InChI=1S/C13H19N3/c1-2-11(1)12-3-4-16(15-12)7-10-5-13(6-10)8-14-9-13/h3-4,10-11,14H,1-2,5-9H2.